The Morgan fingerprint density at radius 1 is 1.23 bits per heavy atom. The minimum atomic E-state index is -0.547. The third-order valence-corrected chi connectivity index (χ3v) is 5.49. The quantitative estimate of drug-likeness (QED) is 0.243. The van der Waals surface area contributed by atoms with Gasteiger partial charge in [0.2, 0.25) is 0 Å². The van der Waals surface area contributed by atoms with Gasteiger partial charge in [0.1, 0.15) is 5.75 Å². The molecule has 0 spiro atoms. The van der Waals surface area contributed by atoms with Crippen LogP contribution in [0.25, 0.3) is 0 Å². The van der Waals surface area contributed by atoms with E-state index in [4.69, 9.17) is 0 Å². The molecule has 0 aliphatic heterocycles. The number of amides is 1. The zero-order valence-corrected chi connectivity index (χ0v) is 19.7. The Balaban J connectivity index is 1.68. The van der Waals surface area contributed by atoms with Gasteiger partial charge in [0.15, 0.2) is 5.69 Å². The number of hydrazone groups is 1. The van der Waals surface area contributed by atoms with Crippen molar-refractivity contribution in [1.29, 1.82) is 0 Å². The van der Waals surface area contributed by atoms with Crippen LogP contribution in [0.2, 0.25) is 0 Å². The van der Waals surface area contributed by atoms with Gasteiger partial charge in [-0.3, -0.25) is 19.6 Å². The van der Waals surface area contributed by atoms with E-state index in [2.05, 4.69) is 63.4 Å². The summed E-state index contributed by atoms with van der Waals surface area (Å²) in [5.74, 6) is -0.557. The second-order valence-corrected chi connectivity index (χ2v) is 8.60. The fraction of sp³-hybridized carbons (Fsp3) is 0.0556. The number of carbonyl (C=O) groups is 1. The van der Waals surface area contributed by atoms with Gasteiger partial charge in [0.25, 0.3) is 11.6 Å². The van der Waals surface area contributed by atoms with Crippen molar-refractivity contribution in [3.8, 4) is 5.75 Å². The number of non-ortho nitro benzene ring substituents is 1. The van der Waals surface area contributed by atoms with Crippen LogP contribution in [0, 0.1) is 10.1 Å². The molecule has 0 saturated carbocycles. The van der Waals surface area contributed by atoms with E-state index in [1.54, 1.807) is 30.5 Å². The number of nitro groups is 1. The Bertz CT molecular complexity index is 1150. The lowest BCUT2D eigenvalue weighted by atomic mass is 10.2. The molecule has 2 aromatic carbocycles. The fourth-order valence-electron chi connectivity index (χ4n) is 2.44. The van der Waals surface area contributed by atoms with Crippen LogP contribution >= 0.6 is 47.8 Å². The number of halogens is 3. The van der Waals surface area contributed by atoms with Gasteiger partial charge in [-0.15, -0.1) is 0 Å². The number of hydrogen-bond acceptors (Lipinski definition) is 6. The second kappa shape index (κ2) is 9.49. The van der Waals surface area contributed by atoms with Gasteiger partial charge in [-0.2, -0.15) is 10.2 Å². The molecule has 0 radical (unpaired) electrons. The largest absolute Gasteiger partial charge is 0.506 e. The summed E-state index contributed by atoms with van der Waals surface area (Å²) in [5.41, 5.74) is 3.67. The molecule has 0 atom stereocenters. The molecule has 3 aromatic rings. The van der Waals surface area contributed by atoms with E-state index in [9.17, 15) is 20.0 Å². The summed E-state index contributed by atoms with van der Waals surface area (Å²) < 4.78 is 3.21. The van der Waals surface area contributed by atoms with E-state index in [1.165, 1.54) is 23.0 Å². The molecule has 0 aliphatic carbocycles. The molecule has 0 aliphatic rings. The lowest BCUT2D eigenvalue weighted by Crippen LogP contribution is -2.19. The van der Waals surface area contributed by atoms with E-state index >= 15 is 0 Å². The minimum Gasteiger partial charge on any atom is -0.506 e. The molecule has 0 saturated heterocycles. The molecule has 154 valence electrons. The molecule has 1 aromatic heterocycles. The molecule has 0 bridgehead atoms. The van der Waals surface area contributed by atoms with Crippen LogP contribution in [0.1, 0.15) is 21.6 Å². The van der Waals surface area contributed by atoms with Crippen molar-refractivity contribution in [3.05, 3.63) is 82.9 Å². The van der Waals surface area contributed by atoms with Crippen molar-refractivity contribution in [3.63, 3.8) is 0 Å². The molecular formula is C18H12Br3N5O4. The fourth-order valence-corrected chi connectivity index (χ4v) is 4.19. The third-order valence-electron chi connectivity index (χ3n) is 3.85. The number of hydrogen-bond donors (Lipinski definition) is 2. The Morgan fingerprint density at radius 3 is 2.60 bits per heavy atom. The first kappa shape index (κ1) is 22.1. The van der Waals surface area contributed by atoms with Crippen molar-refractivity contribution in [1.82, 2.24) is 15.2 Å². The van der Waals surface area contributed by atoms with Crippen LogP contribution in [0.15, 0.2) is 61.1 Å². The van der Waals surface area contributed by atoms with Crippen LogP contribution in [0.4, 0.5) is 5.69 Å². The molecule has 0 unspecified atom stereocenters. The molecule has 12 heteroatoms. The molecule has 1 amide bonds. The normalized spacial score (nSPS) is 11.0. The number of nitro benzene ring substituents is 1. The lowest BCUT2D eigenvalue weighted by Gasteiger charge is -2.03. The number of nitrogens with one attached hydrogen (secondary N) is 1. The maximum atomic E-state index is 12.4. The maximum absolute atomic E-state index is 12.4. The van der Waals surface area contributed by atoms with Crippen LogP contribution in [-0.2, 0) is 6.54 Å². The van der Waals surface area contributed by atoms with Crippen LogP contribution < -0.4 is 5.43 Å². The first-order valence-electron chi connectivity index (χ1n) is 8.22. The number of aromatic nitrogens is 2. The Morgan fingerprint density at radius 2 is 1.93 bits per heavy atom. The molecule has 1 heterocycles. The highest BCUT2D eigenvalue weighted by Crippen LogP contribution is 2.30. The summed E-state index contributed by atoms with van der Waals surface area (Å²) in [4.78, 5) is 22.6. The average Bonchev–Trinajstić information content (AvgIpc) is 3.06. The first-order chi connectivity index (χ1) is 14.2. The highest BCUT2D eigenvalue weighted by Gasteiger charge is 2.15. The van der Waals surface area contributed by atoms with Gasteiger partial charge in [-0.25, -0.2) is 5.43 Å². The lowest BCUT2D eigenvalue weighted by molar-refractivity contribution is -0.384. The SMILES string of the molecule is O=C(N/N=C\c1cc(Br)cc(Br)c1O)c1nn(Cc2ccc([N+](=O)[O-])cc2)cc1Br. The van der Waals surface area contributed by atoms with Gasteiger partial charge in [0.05, 0.1) is 26.6 Å². The molecular weight excluding hydrogens is 590 g/mol. The number of phenols is 1. The smallest absolute Gasteiger partial charge is 0.293 e. The number of nitrogens with zero attached hydrogens (tertiary/aromatic N) is 4. The number of aromatic hydroxyl groups is 1. The number of benzene rings is 2. The molecule has 30 heavy (non-hydrogen) atoms. The zero-order valence-electron chi connectivity index (χ0n) is 14.9. The van der Waals surface area contributed by atoms with Crippen molar-refractivity contribution in [2.24, 2.45) is 5.10 Å². The summed E-state index contributed by atoms with van der Waals surface area (Å²) in [6, 6.07) is 9.39. The van der Waals surface area contributed by atoms with Crippen molar-refractivity contribution in [2.75, 3.05) is 0 Å². The predicted octanol–water partition coefficient (Wildman–Crippen LogP) is 4.60. The van der Waals surface area contributed by atoms with Crippen LogP contribution in [0.3, 0.4) is 0 Å². The highest BCUT2D eigenvalue weighted by molar-refractivity contribution is 9.11. The second-order valence-electron chi connectivity index (χ2n) is 5.97. The Kier molecular flexibility index (Phi) is 7.00. The van der Waals surface area contributed by atoms with Crippen molar-refractivity contribution in [2.45, 2.75) is 6.54 Å². The average molecular weight is 602 g/mol. The maximum Gasteiger partial charge on any atom is 0.293 e. The summed E-state index contributed by atoms with van der Waals surface area (Å²) in [7, 11) is 0. The third kappa shape index (κ3) is 5.32. The van der Waals surface area contributed by atoms with E-state index in [0.29, 0.717) is 21.1 Å². The summed E-state index contributed by atoms with van der Waals surface area (Å²) in [6.45, 7) is 0.326. The Hall–Kier alpha value is -2.57. The molecule has 9 nitrogen and oxygen atoms in total. The minimum absolute atomic E-state index is 0.00170. The van der Waals surface area contributed by atoms with E-state index in [-0.39, 0.29) is 17.1 Å². The predicted molar refractivity (Wildman–Crippen MR) is 121 cm³/mol. The monoisotopic (exact) mass is 599 g/mol. The molecule has 0 fully saturated rings. The Labute approximate surface area is 195 Å². The summed E-state index contributed by atoms with van der Waals surface area (Å²) in [6.07, 6.45) is 2.93. The van der Waals surface area contributed by atoms with Gasteiger partial charge >= 0.3 is 0 Å². The van der Waals surface area contributed by atoms with Crippen LogP contribution in [0.5, 0.6) is 5.75 Å². The van der Waals surface area contributed by atoms with E-state index in [0.717, 1.165) is 10.0 Å². The first-order valence-corrected chi connectivity index (χ1v) is 10.6. The number of phenolic OH excluding ortho intramolecular Hbond substituents is 1. The molecule has 3 rings (SSSR count). The highest BCUT2D eigenvalue weighted by atomic mass is 79.9. The van der Waals surface area contributed by atoms with E-state index in [1.807, 2.05) is 0 Å². The van der Waals surface area contributed by atoms with Crippen molar-refractivity contribution >= 4 is 65.6 Å². The zero-order chi connectivity index (χ0) is 21.8. The molecule has 2 N–H and O–H groups in total. The van der Waals surface area contributed by atoms with E-state index < -0.39 is 10.8 Å². The topological polar surface area (TPSA) is 123 Å². The summed E-state index contributed by atoms with van der Waals surface area (Å²) in [5, 5.41) is 28.8. The van der Waals surface area contributed by atoms with Gasteiger partial charge in [0, 0.05) is 28.4 Å². The van der Waals surface area contributed by atoms with Gasteiger partial charge < -0.3 is 5.11 Å². The number of carbonyl (C=O) groups excluding carboxylic acids is 1. The number of rotatable bonds is 6. The van der Waals surface area contributed by atoms with Gasteiger partial charge in [-0.1, -0.05) is 28.1 Å². The van der Waals surface area contributed by atoms with Crippen LogP contribution in [-0.4, -0.2) is 31.9 Å². The summed E-state index contributed by atoms with van der Waals surface area (Å²) >= 11 is 9.83. The van der Waals surface area contributed by atoms with Crippen molar-refractivity contribution < 1.29 is 14.8 Å². The van der Waals surface area contributed by atoms with Gasteiger partial charge in [-0.05, 0) is 49.6 Å². The standard InChI is InChI=1S/C18H12Br3N5O4/c19-12-5-11(17(27)14(20)6-12)7-22-23-18(28)16-15(21)9-25(24-16)8-10-1-3-13(4-2-10)26(29)30/h1-7,9,27H,8H2,(H,23,28)/b22-7-.